The molecule has 0 heterocycles. The minimum absolute atomic E-state index is 0.0384. The van der Waals surface area contributed by atoms with Crippen molar-refractivity contribution in [1.82, 2.24) is 0 Å². The van der Waals surface area contributed by atoms with Gasteiger partial charge < -0.3 is 0 Å². The van der Waals surface area contributed by atoms with Gasteiger partial charge in [-0.3, -0.25) is 0 Å². The first-order chi connectivity index (χ1) is 28.3. The van der Waals surface area contributed by atoms with Crippen molar-refractivity contribution in [2.45, 2.75) is 38.5 Å². The number of hydrogen-bond acceptors (Lipinski definition) is 0. The molecule has 0 aromatic heterocycles. The van der Waals surface area contributed by atoms with Gasteiger partial charge in [-0.05, 0) is 157 Å². The summed E-state index contributed by atoms with van der Waals surface area (Å²) in [4.78, 5) is 0. The maximum atomic E-state index is 2.56. The Balaban J connectivity index is 1.11. The van der Waals surface area contributed by atoms with Crippen molar-refractivity contribution in [3.63, 3.8) is 0 Å². The van der Waals surface area contributed by atoms with E-state index in [9.17, 15) is 0 Å². The Hall–Kier alpha value is -6.76. The van der Waals surface area contributed by atoms with Crippen LogP contribution in [-0.4, -0.2) is 0 Å². The molecule has 58 heavy (non-hydrogen) atoms. The first-order valence-electron chi connectivity index (χ1n) is 20.7. The van der Waals surface area contributed by atoms with Gasteiger partial charge >= 0.3 is 0 Å². The summed E-state index contributed by atoms with van der Waals surface area (Å²) in [6.45, 7) is 9.60. The van der Waals surface area contributed by atoms with Crippen molar-refractivity contribution < 1.29 is 0 Å². The molecule has 0 spiro atoms. The standard InChI is InChI=1S/C58H42/c1-57(2)51-20-12-11-17-43(51)44-27-25-39(31-52(44)57)40-26-28-45-48-33-49-50(34-54(48)58(3,4)53(45)32-40)56(42-24-22-36-14-6-8-16-38(36)30-42)47-19-10-9-18-46(47)55(49)41-23-21-35-13-5-7-15-37(35)29-41/h5-34H,1-4H3. The summed E-state index contributed by atoms with van der Waals surface area (Å²) in [7, 11) is 0. The molecule has 0 bridgehead atoms. The molecule has 2 aliphatic rings. The van der Waals surface area contributed by atoms with Crippen molar-refractivity contribution in [3.8, 4) is 55.6 Å². The molecule has 0 unspecified atom stereocenters. The summed E-state index contributed by atoms with van der Waals surface area (Å²) >= 11 is 0. The van der Waals surface area contributed by atoms with Crippen LogP contribution in [0.1, 0.15) is 49.9 Å². The molecule has 0 saturated heterocycles. The van der Waals surface area contributed by atoms with Gasteiger partial charge in [-0.15, -0.1) is 0 Å². The molecule has 0 heteroatoms. The Morgan fingerprint density at radius 2 is 0.672 bits per heavy atom. The Morgan fingerprint density at radius 3 is 1.26 bits per heavy atom. The van der Waals surface area contributed by atoms with Crippen LogP contribution < -0.4 is 0 Å². The number of benzene rings is 10. The molecule has 2 aliphatic carbocycles. The maximum Gasteiger partial charge on any atom is 0.0159 e. The van der Waals surface area contributed by atoms with E-state index in [0.717, 1.165) is 0 Å². The van der Waals surface area contributed by atoms with E-state index in [-0.39, 0.29) is 10.8 Å². The highest BCUT2D eigenvalue weighted by atomic mass is 14.4. The minimum atomic E-state index is -0.198. The molecule has 274 valence electrons. The average molecular weight is 739 g/mol. The predicted molar refractivity (Wildman–Crippen MR) is 248 cm³/mol. The molecule has 0 aliphatic heterocycles. The Labute approximate surface area is 340 Å². The summed E-state index contributed by atoms with van der Waals surface area (Å²) in [5, 5.41) is 10.2. The molecule has 0 fully saturated rings. The molecule has 10 aromatic carbocycles. The fourth-order valence-electron chi connectivity index (χ4n) is 10.8. The van der Waals surface area contributed by atoms with Gasteiger partial charge in [0.05, 0.1) is 0 Å². The van der Waals surface area contributed by atoms with Crippen molar-refractivity contribution in [2.75, 3.05) is 0 Å². The van der Waals surface area contributed by atoms with Gasteiger partial charge in [0.15, 0.2) is 0 Å². The van der Waals surface area contributed by atoms with E-state index in [1.807, 2.05) is 0 Å². The van der Waals surface area contributed by atoms with Gasteiger partial charge in [0.1, 0.15) is 0 Å². The summed E-state index contributed by atoms with van der Waals surface area (Å²) in [5.74, 6) is 0. The minimum Gasteiger partial charge on any atom is -0.0619 e. The van der Waals surface area contributed by atoms with E-state index < -0.39 is 0 Å². The van der Waals surface area contributed by atoms with E-state index in [0.29, 0.717) is 0 Å². The molecule has 0 radical (unpaired) electrons. The third-order valence-corrected chi connectivity index (χ3v) is 13.8. The average Bonchev–Trinajstić information content (AvgIpc) is 3.62. The lowest BCUT2D eigenvalue weighted by Crippen LogP contribution is -2.15. The van der Waals surface area contributed by atoms with Gasteiger partial charge in [-0.2, -0.15) is 0 Å². The lowest BCUT2D eigenvalue weighted by Gasteiger charge is -2.24. The summed E-state index contributed by atoms with van der Waals surface area (Å²) in [5.41, 5.74) is 18.4. The third kappa shape index (κ3) is 4.63. The van der Waals surface area contributed by atoms with Gasteiger partial charge in [-0.25, -0.2) is 0 Å². The molecule has 0 nitrogen and oxygen atoms in total. The molecular formula is C58H42. The van der Waals surface area contributed by atoms with Gasteiger partial charge in [0.25, 0.3) is 0 Å². The van der Waals surface area contributed by atoms with Crippen LogP contribution in [0.5, 0.6) is 0 Å². The fourth-order valence-corrected chi connectivity index (χ4v) is 10.8. The quantitative estimate of drug-likeness (QED) is 0.158. The van der Waals surface area contributed by atoms with Crippen LogP contribution in [0.2, 0.25) is 0 Å². The van der Waals surface area contributed by atoms with Gasteiger partial charge in [0.2, 0.25) is 0 Å². The van der Waals surface area contributed by atoms with Crippen molar-refractivity contribution in [3.05, 3.63) is 204 Å². The van der Waals surface area contributed by atoms with Gasteiger partial charge in [-0.1, -0.05) is 173 Å². The molecule has 0 N–H and O–H groups in total. The van der Waals surface area contributed by atoms with Crippen LogP contribution in [0, 0.1) is 0 Å². The second-order valence-electron chi connectivity index (χ2n) is 17.7. The second-order valence-corrected chi connectivity index (χ2v) is 17.7. The lowest BCUT2D eigenvalue weighted by molar-refractivity contribution is 0.660. The van der Waals surface area contributed by atoms with E-state index in [1.54, 1.807) is 0 Å². The Kier molecular flexibility index (Phi) is 6.84. The second kappa shape index (κ2) is 11.9. The summed E-state index contributed by atoms with van der Waals surface area (Å²) in [6, 6.07) is 68.9. The highest BCUT2D eigenvalue weighted by molar-refractivity contribution is 6.23. The largest absolute Gasteiger partial charge is 0.0619 e. The van der Waals surface area contributed by atoms with E-state index >= 15 is 0 Å². The summed E-state index contributed by atoms with van der Waals surface area (Å²) in [6.07, 6.45) is 0. The van der Waals surface area contributed by atoms with Crippen LogP contribution in [-0.2, 0) is 10.8 Å². The fraction of sp³-hybridized carbons (Fsp3) is 0.103. The van der Waals surface area contributed by atoms with Crippen molar-refractivity contribution in [2.24, 2.45) is 0 Å². The molecule has 0 amide bonds. The van der Waals surface area contributed by atoms with Crippen LogP contribution >= 0.6 is 0 Å². The van der Waals surface area contributed by atoms with E-state index in [2.05, 4.69) is 210 Å². The van der Waals surface area contributed by atoms with Crippen LogP contribution in [0.3, 0.4) is 0 Å². The van der Waals surface area contributed by atoms with Crippen LogP contribution in [0.25, 0.3) is 98.7 Å². The Morgan fingerprint density at radius 1 is 0.259 bits per heavy atom. The first-order valence-corrected chi connectivity index (χ1v) is 20.7. The topological polar surface area (TPSA) is 0 Å². The number of fused-ring (bicyclic) bond motifs is 10. The zero-order valence-electron chi connectivity index (χ0n) is 33.3. The maximum absolute atomic E-state index is 2.56. The molecule has 10 aromatic rings. The lowest BCUT2D eigenvalue weighted by atomic mass is 9.79. The van der Waals surface area contributed by atoms with Crippen LogP contribution in [0.4, 0.5) is 0 Å². The smallest absolute Gasteiger partial charge is 0.0159 e. The first kappa shape index (κ1) is 33.4. The van der Waals surface area contributed by atoms with Crippen molar-refractivity contribution in [1.29, 1.82) is 0 Å². The van der Waals surface area contributed by atoms with E-state index in [4.69, 9.17) is 0 Å². The number of hydrogen-bond donors (Lipinski definition) is 0. The Bertz CT molecular complexity index is 3390. The van der Waals surface area contributed by atoms with Crippen LogP contribution in [0.15, 0.2) is 182 Å². The third-order valence-electron chi connectivity index (χ3n) is 13.8. The van der Waals surface area contributed by atoms with E-state index in [1.165, 1.54) is 121 Å². The molecule has 0 saturated carbocycles. The molecule has 0 atom stereocenters. The monoisotopic (exact) mass is 738 g/mol. The highest BCUT2D eigenvalue weighted by Gasteiger charge is 2.38. The highest BCUT2D eigenvalue weighted by Crippen LogP contribution is 2.55. The zero-order valence-corrected chi connectivity index (χ0v) is 33.3. The normalized spacial score (nSPS) is 14.5. The molecule has 12 rings (SSSR count). The van der Waals surface area contributed by atoms with Gasteiger partial charge in [0, 0.05) is 10.8 Å². The molecular weight excluding hydrogens is 697 g/mol. The number of rotatable bonds is 3. The van der Waals surface area contributed by atoms with Crippen molar-refractivity contribution >= 4 is 43.1 Å². The SMILES string of the molecule is CC1(C)c2ccccc2-c2ccc(-c3ccc4c(c3)C(C)(C)c3cc5c(-c6ccc7ccccc7c6)c6ccccc6c(-c6ccc7ccccc7c6)c5cc3-4)cc21. The summed E-state index contributed by atoms with van der Waals surface area (Å²) < 4.78 is 0. The predicted octanol–water partition coefficient (Wildman–Crippen LogP) is 15.9. The zero-order chi connectivity index (χ0) is 38.9.